The van der Waals surface area contributed by atoms with Crippen molar-refractivity contribution in [2.75, 3.05) is 5.32 Å². The lowest BCUT2D eigenvalue weighted by Gasteiger charge is -2.06. The molecule has 2 aromatic heterocycles. The van der Waals surface area contributed by atoms with Crippen molar-refractivity contribution in [3.05, 3.63) is 34.4 Å². The summed E-state index contributed by atoms with van der Waals surface area (Å²) in [5.74, 6) is 0.588. The predicted molar refractivity (Wildman–Crippen MR) is 67.4 cm³/mol. The van der Waals surface area contributed by atoms with Gasteiger partial charge in [-0.3, -0.25) is 0 Å². The van der Waals surface area contributed by atoms with Gasteiger partial charge in [-0.2, -0.15) is 5.10 Å². The largest absolute Gasteiger partial charge is 0.389 e. The molecule has 0 saturated carbocycles. The second-order valence-electron chi connectivity index (χ2n) is 2.94. The van der Waals surface area contributed by atoms with Crippen LogP contribution in [0.3, 0.4) is 0 Å². The van der Waals surface area contributed by atoms with Crippen molar-refractivity contribution in [1.82, 2.24) is 15.2 Å². The summed E-state index contributed by atoms with van der Waals surface area (Å²) in [6.07, 6.45) is 3.32. The van der Waals surface area contributed by atoms with Crippen molar-refractivity contribution in [2.24, 2.45) is 5.73 Å². The van der Waals surface area contributed by atoms with E-state index in [1.165, 1.54) is 0 Å². The zero-order valence-electron chi connectivity index (χ0n) is 8.25. The van der Waals surface area contributed by atoms with Crippen LogP contribution in [0.4, 0.5) is 5.82 Å². The van der Waals surface area contributed by atoms with Gasteiger partial charge in [0.15, 0.2) is 5.82 Å². The Balaban J connectivity index is 2.12. The number of nitrogens with two attached hydrogens (primary N) is 1. The van der Waals surface area contributed by atoms with E-state index in [0.29, 0.717) is 22.9 Å². The number of hydrogen-bond acceptors (Lipinski definition) is 6. The fourth-order valence-electron chi connectivity index (χ4n) is 1.16. The minimum Gasteiger partial charge on any atom is -0.389 e. The number of hydrogen-bond donors (Lipinski definition) is 2. The second-order valence-corrected chi connectivity index (χ2v) is 4.36. The number of anilines is 1. The normalized spacial score (nSPS) is 10.0. The van der Waals surface area contributed by atoms with Crippen molar-refractivity contribution in [3.63, 3.8) is 0 Å². The molecule has 0 amide bonds. The highest BCUT2D eigenvalue weighted by Crippen LogP contribution is 2.12. The van der Waals surface area contributed by atoms with Crippen LogP contribution >= 0.6 is 23.6 Å². The number of nitrogens with one attached hydrogen (secondary N) is 1. The molecule has 0 spiro atoms. The van der Waals surface area contributed by atoms with E-state index < -0.39 is 0 Å². The van der Waals surface area contributed by atoms with Crippen LogP contribution in [0.15, 0.2) is 23.8 Å². The van der Waals surface area contributed by atoms with Crippen LogP contribution in [-0.2, 0) is 6.54 Å². The van der Waals surface area contributed by atoms with Crippen LogP contribution in [0.2, 0.25) is 0 Å². The molecule has 5 nitrogen and oxygen atoms in total. The van der Waals surface area contributed by atoms with Crippen LogP contribution < -0.4 is 11.1 Å². The Morgan fingerprint density at radius 1 is 1.50 bits per heavy atom. The first kappa shape index (κ1) is 10.9. The maximum atomic E-state index is 5.57. The standard InChI is InChI=1S/C9H9N5S2/c10-8(15)6-1-2-13-14-9(6)12-5-7-11-3-4-16-7/h1-4H,5H2,(H2,10,15)(H,12,14). The molecule has 2 rings (SSSR count). The van der Waals surface area contributed by atoms with E-state index in [2.05, 4.69) is 20.5 Å². The lowest BCUT2D eigenvalue weighted by molar-refractivity contribution is 0.990. The number of thiocarbonyl (C=S) groups is 1. The van der Waals surface area contributed by atoms with Crippen molar-refractivity contribution in [1.29, 1.82) is 0 Å². The number of rotatable bonds is 4. The van der Waals surface area contributed by atoms with Gasteiger partial charge in [-0.15, -0.1) is 16.4 Å². The summed E-state index contributed by atoms with van der Waals surface area (Å²) in [6.45, 7) is 0.589. The SMILES string of the molecule is NC(=S)c1ccnnc1NCc1nccs1. The topological polar surface area (TPSA) is 76.7 Å². The predicted octanol–water partition coefficient (Wildman–Crippen LogP) is 1.18. The van der Waals surface area contributed by atoms with Gasteiger partial charge in [-0.1, -0.05) is 12.2 Å². The summed E-state index contributed by atoms with van der Waals surface area (Å²) in [5, 5.41) is 13.7. The third-order valence-electron chi connectivity index (χ3n) is 1.88. The highest BCUT2D eigenvalue weighted by atomic mass is 32.1. The minimum absolute atomic E-state index is 0.302. The van der Waals surface area contributed by atoms with E-state index in [9.17, 15) is 0 Å². The Hall–Kier alpha value is -1.60. The highest BCUT2D eigenvalue weighted by molar-refractivity contribution is 7.80. The van der Waals surface area contributed by atoms with Gasteiger partial charge in [0.25, 0.3) is 0 Å². The molecule has 0 aliphatic rings. The molecule has 0 saturated heterocycles. The van der Waals surface area contributed by atoms with Gasteiger partial charge in [-0.05, 0) is 6.07 Å². The molecule has 0 atom stereocenters. The average molecular weight is 251 g/mol. The molecule has 0 radical (unpaired) electrons. The van der Waals surface area contributed by atoms with Gasteiger partial charge in [0.05, 0.1) is 18.3 Å². The third-order valence-corrected chi connectivity index (χ3v) is 2.88. The highest BCUT2D eigenvalue weighted by Gasteiger charge is 2.06. The van der Waals surface area contributed by atoms with Gasteiger partial charge in [0.2, 0.25) is 0 Å². The summed E-state index contributed by atoms with van der Waals surface area (Å²) in [5.41, 5.74) is 6.27. The molecule has 16 heavy (non-hydrogen) atoms. The number of thiazole rings is 1. The van der Waals surface area contributed by atoms with E-state index in [1.54, 1.807) is 29.8 Å². The maximum absolute atomic E-state index is 5.57. The van der Waals surface area contributed by atoms with E-state index in [4.69, 9.17) is 18.0 Å². The molecule has 7 heteroatoms. The summed E-state index contributed by atoms with van der Waals surface area (Å²) >= 11 is 6.49. The van der Waals surface area contributed by atoms with Gasteiger partial charge in [-0.25, -0.2) is 4.98 Å². The molecule has 2 aromatic rings. The van der Waals surface area contributed by atoms with Gasteiger partial charge < -0.3 is 11.1 Å². The molecule has 0 aliphatic heterocycles. The van der Waals surface area contributed by atoms with Gasteiger partial charge >= 0.3 is 0 Å². The zero-order valence-corrected chi connectivity index (χ0v) is 9.88. The van der Waals surface area contributed by atoms with Crippen LogP contribution in [0, 0.1) is 0 Å². The van der Waals surface area contributed by atoms with Crippen LogP contribution in [0.25, 0.3) is 0 Å². The Kier molecular flexibility index (Phi) is 3.37. The fraction of sp³-hybridized carbons (Fsp3) is 0.111. The molecule has 0 unspecified atom stereocenters. The van der Waals surface area contributed by atoms with Crippen molar-refractivity contribution in [2.45, 2.75) is 6.54 Å². The molecule has 0 fully saturated rings. The monoisotopic (exact) mass is 251 g/mol. The van der Waals surface area contributed by atoms with Crippen LogP contribution in [0.5, 0.6) is 0 Å². The van der Waals surface area contributed by atoms with Crippen LogP contribution in [0.1, 0.15) is 10.6 Å². The average Bonchev–Trinajstić information content (AvgIpc) is 2.79. The lowest BCUT2D eigenvalue weighted by Crippen LogP contribution is -2.14. The molecule has 82 valence electrons. The Morgan fingerprint density at radius 2 is 2.38 bits per heavy atom. The molecule has 0 aliphatic carbocycles. The van der Waals surface area contributed by atoms with E-state index in [0.717, 1.165) is 5.01 Å². The Bertz CT molecular complexity index is 482. The first-order valence-corrected chi connectivity index (χ1v) is 5.80. The summed E-state index contributed by atoms with van der Waals surface area (Å²) in [6, 6.07) is 1.74. The lowest BCUT2D eigenvalue weighted by atomic mass is 10.3. The number of nitrogens with zero attached hydrogens (tertiary/aromatic N) is 3. The minimum atomic E-state index is 0.302. The van der Waals surface area contributed by atoms with Gasteiger partial charge in [0, 0.05) is 11.6 Å². The van der Waals surface area contributed by atoms with Crippen molar-refractivity contribution in [3.8, 4) is 0 Å². The Morgan fingerprint density at radius 3 is 3.06 bits per heavy atom. The molecule has 0 bridgehead atoms. The quantitative estimate of drug-likeness (QED) is 0.795. The summed E-state index contributed by atoms with van der Waals surface area (Å²) < 4.78 is 0. The van der Waals surface area contributed by atoms with Gasteiger partial charge in [0.1, 0.15) is 10.00 Å². The smallest absolute Gasteiger partial charge is 0.159 e. The van der Waals surface area contributed by atoms with Crippen molar-refractivity contribution >= 4 is 34.4 Å². The first-order valence-electron chi connectivity index (χ1n) is 4.51. The first-order chi connectivity index (χ1) is 7.77. The van der Waals surface area contributed by atoms with E-state index in [1.807, 2.05) is 5.38 Å². The molecular formula is C9H9N5S2. The van der Waals surface area contributed by atoms with Crippen molar-refractivity contribution < 1.29 is 0 Å². The summed E-state index contributed by atoms with van der Waals surface area (Å²) in [7, 11) is 0. The second kappa shape index (κ2) is 4.95. The molecule has 3 N–H and O–H groups in total. The van der Waals surface area contributed by atoms with E-state index in [-0.39, 0.29) is 0 Å². The third kappa shape index (κ3) is 2.50. The fourth-order valence-corrected chi connectivity index (χ4v) is 1.88. The molecular weight excluding hydrogens is 242 g/mol. The van der Waals surface area contributed by atoms with E-state index >= 15 is 0 Å². The Labute approximate surface area is 102 Å². The molecule has 2 heterocycles. The number of aromatic nitrogens is 3. The molecule has 0 aromatic carbocycles. The maximum Gasteiger partial charge on any atom is 0.159 e. The van der Waals surface area contributed by atoms with Crippen LogP contribution in [-0.4, -0.2) is 20.2 Å². The zero-order chi connectivity index (χ0) is 11.4. The summed E-state index contributed by atoms with van der Waals surface area (Å²) in [4.78, 5) is 4.45.